The zero-order valence-electron chi connectivity index (χ0n) is 19.7. The van der Waals surface area contributed by atoms with Crippen molar-refractivity contribution < 1.29 is 24.4 Å². The fourth-order valence-corrected chi connectivity index (χ4v) is 5.13. The Morgan fingerprint density at radius 1 is 1.27 bits per heavy atom. The van der Waals surface area contributed by atoms with E-state index in [2.05, 4.69) is 26.1 Å². The van der Waals surface area contributed by atoms with Gasteiger partial charge in [0.05, 0.1) is 11.0 Å². The normalized spacial score (nSPS) is 25.6. The molecule has 0 bridgehead atoms. The van der Waals surface area contributed by atoms with Gasteiger partial charge in [-0.2, -0.15) is 0 Å². The van der Waals surface area contributed by atoms with Crippen molar-refractivity contribution in [2.75, 3.05) is 23.4 Å². The average Bonchev–Trinajstić information content (AvgIpc) is 2.77. The van der Waals surface area contributed by atoms with E-state index in [4.69, 9.17) is 4.74 Å². The number of carboxylic acid groups (broad SMARTS) is 1. The van der Waals surface area contributed by atoms with Crippen LogP contribution in [0.3, 0.4) is 0 Å². The van der Waals surface area contributed by atoms with E-state index >= 15 is 0 Å². The summed E-state index contributed by atoms with van der Waals surface area (Å²) in [4.78, 5) is 37.1. The van der Waals surface area contributed by atoms with Gasteiger partial charge in [-0.05, 0) is 62.0 Å². The number of nitro groups is 1. The van der Waals surface area contributed by atoms with Gasteiger partial charge in [-0.25, -0.2) is 4.79 Å². The lowest BCUT2D eigenvalue weighted by Crippen LogP contribution is -2.44. The van der Waals surface area contributed by atoms with Gasteiger partial charge in [-0.15, -0.1) is 0 Å². The Kier molecular flexibility index (Phi) is 8.29. The highest BCUT2D eigenvalue weighted by Gasteiger charge is 2.32. The predicted molar refractivity (Wildman–Crippen MR) is 125 cm³/mol. The number of nitro benzene ring substituents is 1. The van der Waals surface area contributed by atoms with Crippen LogP contribution in [0.5, 0.6) is 0 Å². The van der Waals surface area contributed by atoms with Crippen molar-refractivity contribution >= 4 is 28.9 Å². The summed E-state index contributed by atoms with van der Waals surface area (Å²) in [5.41, 5.74) is 0.366. The Morgan fingerprint density at radius 3 is 2.70 bits per heavy atom. The summed E-state index contributed by atoms with van der Waals surface area (Å²) in [6.45, 7) is 6.88. The lowest BCUT2D eigenvalue weighted by atomic mass is 9.75. The SMILES string of the molecule is CC(C)[C@@H]1CC[C@@H](C)C[C@H]1OCC(=O)Nc1cc(N2CCCCC2C(=O)O)ccc1[N+](=O)[O-]. The number of ether oxygens (including phenoxy) is 1. The molecule has 2 aliphatic rings. The van der Waals surface area contributed by atoms with Gasteiger partial charge in [0.2, 0.25) is 0 Å². The van der Waals surface area contributed by atoms with Crippen LogP contribution >= 0.6 is 0 Å². The van der Waals surface area contributed by atoms with Crippen LogP contribution in [-0.4, -0.2) is 47.2 Å². The van der Waals surface area contributed by atoms with Gasteiger partial charge in [0.15, 0.2) is 0 Å². The molecule has 182 valence electrons. The van der Waals surface area contributed by atoms with Crippen LogP contribution in [0.1, 0.15) is 59.3 Å². The molecule has 1 saturated carbocycles. The maximum absolute atomic E-state index is 12.7. The second kappa shape index (κ2) is 11.0. The molecule has 1 heterocycles. The van der Waals surface area contributed by atoms with E-state index in [9.17, 15) is 24.8 Å². The van der Waals surface area contributed by atoms with E-state index < -0.39 is 22.8 Å². The molecule has 2 N–H and O–H groups in total. The van der Waals surface area contributed by atoms with Crippen LogP contribution in [0.25, 0.3) is 0 Å². The molecule has 33 heavy (non-hydrogen) atoms. The molecular formula is C24H35N3O6. The summed E-state index contributed by atoms with van der Waals surface area (Å²) in [5, 5.41) is 23.7. The molecule has 1 amide bonds. The fraction of sp³-hybridized carbons (Fsp3) is 0.667. The molecule has 1 aromatic rings. The quantitative estimate of drug-likeness (QED) is 0.433. The van der Waals surface area contributed by atoms with Crippen LogP contribution in [0.15, 0.2) is 18.2 Å². The standard InChI is InChI=1S/C24H35N3O6/c1-15(2)18-9-7-16(3)12-22(18)33-14-23(28)25-19-13-17(8-10-20(19)27(31)32)26-11-5-4-6-21(26)24(29)30/h8,10,13,15-16,18,21-22H,4-7,9,11-12,14H2,1-3H3,(H,25,28)(H,29,30)/t16-,18+,21?,22-/m1/s1. The van der Waals surface area contributed by atoms with Crippen LogP contribution in [-0.2, 0) is 14.3 Å². The van der Waals surface area contributed by atoms with Gasteiger partial charge in [0.25, 0.3) is 11.6 Å². The first-order valence-corrected chi connectivity index (χ1v) is 11.9. The minimum atomic E-state index is -0.923. The number of nitrogens with one attached hydrogen (secondary N) is 1. The number of carboxylic acids is 1. The molecule has 0 radical (unpaired) electrons. The summed E-state index contributed by atoms with van der Waals surface area (Å²) in [6, 6.07) is 3.67. The second-order valence-corrected chi connectivity index (χ2v) is 9.73. The van der Waals surface area contributed by atoms with E-state index in [0.717, 1.165) is 32.1 Å². The van der Waals surface area contributed by atoms with Gasteiger partial charge >= 0.3 is 5.97 Å². The molecule has 4 atom stereocenters. The van der Waals surface area contributed by atoms with Crippen LogP contribution < -0.4 is 10.2 Å². The van der Waals surface area contributed by atoms with E-state index in [1.807, 2.05) is 0 Å². The van der Waals surface area contributed by atoms with Gasteiger partial charge in [-0.1, -0.05) is 27.2 Å². The van der Waals surface area contributed by atoms with E-state index in [1.165, 1.54) is 12.1 Å². The molecule has 3 rings (SSSR count). The molecular weight excluding hydrogens is 426 g/mol. The lowest BCUT2D eigenvalue weighted by molar-refractivity contribution is -0.383. The van der Waals surface area contributed by atoms with Crippen molar-refractivity contribution in [2.24, 2.45) is 17.8 Å². The second-order valence-electron chi connectivity index (χ2n) is 9.73. The number of benzene rings is 1. The van der Waals surface area contributed by atoms with Gasteiger partial charge < -0.3 is 20.1 Å². The molecule has 0 spiro atoms. The van der Waals surface area contributed by atoms with Crippen molar-refractivity contribution in [3.05, 3.63) is 28.3 Å². The van der Waals surface area contributed by atoms with Crippen molar-refractivity contribution in [3.8, 4) is 0 Å². The highest BCUT2D eigenvalue weighted by molar-refractivity contribution is 5.95. The number of aliphatic carboxylic acids is 1. The number of amides is 1. The number of piperidine rings is 1. The molecule has 2 fully saturated rings. The molecule has 9 heteroatoms. The topological polar surface area (TPSA) is 122 Å². The highest BCUT2D eigenvalue weighted by atomic mass is 16.6. The minimum Gasteiger partial charge on any atom is -0.480 e. The van der Waals surface area contributed by atoms with Gasteiger partial charge in [0.1, 0.15) is 18.3 Å². The molecule has 1 unspecified atom stereocenters. The third kappa shape index (κ3) is 6.22. The number of rotatable bonds is 8. The van der Waals surface area contributed by atoms with Crippen LogP contribution in [0.4, 0.5) is 17.1 Å². The molecule has 1 saturated heterocycles. The molecule has 9 nitrogen and oxygen atoms in total. The van der Waals surface area contributed by atoms with Crippen LogP contribution in [0.2, 0.25) is 0 Å². The van der Waals surface area contributed by atoms with Crippen molar-refractivity contribution in [1.29, 1.82) is 0 Å². The number of carbonyl (C=O) groups excluding carboxylic acids is 1. The number of hydrogen-bond donors (Lipinski definition) is 2. The highest BCUT2D eigenvalue weighted by Crippen LogP contribution is 2.36. The van der Waals surface area contributed by atoms with E-state index in [-0.39, 0.29) is 24.1 Å². The average molecular weight is 462 g/mol. The Bertz CT molecular complexity index is 874. The summed E-state index contributed by atoms with van der Waals surface area (Å²) < 4.78 is 5.99. The summed E-state index contributed by atoms with van der Waals surface area (Å²) in [5.74, 6) is 0.00388. The smallest absolute Gasteiger partial charge is 0.326 e. The first-order chi connectivity index (χ1) is 15.7. The predicted octanol–water partition coefficient (Wildman–Crippen LogP) is 4.45. The van der Waals surface area contributed by atoms with Gasteiger partial charge in [-0.3, -0.25) is 14.9 Å². The minimum absolute atomic E-state index is 0.00880. The molecule has 1 aromatic carbocycles. The molecule has 1 aliphatic carbocycles. The monoisotopic (exact) mass is 461 g/mol. The van der Waals surface area contributed by atoms with Crippen molar-refractivity contribution in [2.45, 2.75) is 71.4 Å². The number of hydrogen-bond acceptors (Lipinski definition) is 6. The first-order valence-electron chi connectivity index (χ1n) is 11.9. The summed E-state index contributed by atoms with van der Waals surface area (Å²) in [7, 11) is 0. The maximum Gasteiger partial charge on any atom is 0.326 e. The number of carbonyl (C=O) groups is 2. The zero-order valence-corrected chi connectivity index (χ0v) is 19.7. The molecule has 0 aromatic heterocycles. The first kappa shape index (κ1) is 25.0. The zero-order chi connectivity index (χ0) is 24.1. The fourth-order valence-electron chi connectivity index (χ4n) is 5.13. The lowest BCUT2D eigenvalue weighted by Gasteiger charge is -2.37. The summed E-state index contributed by atoms with van der Waals surface area (Å²) in [6.07, 6.45) is 5.29. The molecule has 1 aliphatic heterocycles. The maximum atomic E-state index is 12.7. The Balaban J connectivity index is 1.73. The third-order valence-electron chi connectivity index (χ3n) is 6.96. The van der Waals surface area contributed by atoms with E-state index in [0.29, 0.717) is 36.4 Å². The Morgan fingerprint density at radius 2 is 2.03 bits per heavy atom. The Labute approximate surface area is 194 Å². The van der Waals surface area contributed by atoms with E-state index in [1.54, 1.807) is 11.0 Å². The number of anilines is 2. The Hall–Kier alpha value is -2.68. The summed E-state index contributed by atoms with van der Waals surface area (Å²) >= 11 is 0. The largest absolute Gasteiger partial charge is 0.480 e. The van der Waals surface area contributed by atoms with Crippen molar-refractivity contribution in [3.63, 3.8) is 0 Å². The van der Waals surface area contributed by atoms with Crippen molar-refractivity contribution in [1.82, 2.24) is 0 Å². The van der Waals surface area contributed by atoms with Gasteiger partial charge in [0, 0.05) is 18.3 Å². The third-order valence-corrected chi connectivity index (χ3v) is 6.96. The van der Waals surface area contributed by atoms with Crippen LogP contribution in [0, 0.1) is 27.9 Å². The number of nitrogens with zero attached hydrogens (tertiary/aromatic N) is 2.